The van der Waals surface area contributed by atoms with Crippen molar-refractivity contribution in [3.63, 3.8) is 0 Å². The van der Waals surface area contributed by atoms with E-state index in [1.165, 1.54) is 54.0 Å². The van der Waals surface area contributed by atoms with Crippen LogP contribution in [0.2, 0.25) is 0 Å². The molecule has 0 saturated heterocycles. The third kappa shape index (κ3) is 6.30. The normalized spacial score (nSPS) is 13.5. The van der Waals surface area contributed by atoms with E-state index in [1.54, 1.807) is 34.6 Å². The summed E-state index contributed by atoms with van der Waals surface area (Å²) in [5.41, 5.74) is -1.82. The molecule has 0 unspecified atom stereocenters. The smallest absolute Gasteiger partial charge is 0.332 e. The third-order valence-electron chi connectivity index (χ3n) is 6.54. The van der Waals surface area contributed by atoms with Crippen LogP contribution in [0.1, 0.15) is 57.9 Å². The number of aryl methyl sites for hydroxylation is 1. The van der Waals surface area contributed by atoms with Crippen molar-refractivity contribution in [2.24, 2.45) is 0 Å². The monoisotopic (exact) mass is 602 g/mol. The van der Waals surface area contributed by atoms with Crippen LogP contribution in [0.3, 0.4) is 0 Å². The molecule has 14 heteroatoms. The minimum atomic E-state index is -1.25. The van der Waals surface area contributed by atoms with Gasteiger partial charge in [-0.1, -0.05) is 11.3 Å². The zero-order valence-corrected chi connectivity index (χ0v) is 25.4. The van der Waals surface area contributed by atoms with E-state index in [9.17, 15) is 23.9 Å². The fourth-order valence-electron chi connectivity index (χ4n) is 4.56. The van der Waals surface area contributed by atoms with E-state index in [1.807, 2.05) is 0 Å². The number of methoxy groups -OCH3 is 1. The average molecular weight is 603 g/mol. The van der Waals surface area contributed by atoms with Gasteiger partial charge < -0.3 is 19.9 Å². The van der Waals surface area contributed by atoms with Gasteiger partial charge in [-0.05, 0) is 59.7 Å². The van der Waals surface area contributed by atoms with Crippen molar-refractivity contribution in [2.45, 2.75) is 71.9 Å². The quantitative estimate of drug-likeness (QED) is 0.267. The molecule has 0 spiro atoms. The van der Waals surface area contributed by atoms with E-state index in [0.717, 1.165) is 15.9 Å². The van der Waals surface area contributed by atoms with Gasteiger partial charge in [-0.2, -0.15) is 10.2 Å². The highest BCUT2D eigenvalue weighted by atomic mass is 32.1. The number of nitrogens with one attached hydrogen (secondary N) is 1. The van der Waals surface area contributed by atoms with Crippen molar-refractivity contribution in [3.8, 4) is 10.8 Å². The van der Waals surface area contributed by atoms with Crippen molar-refractivity contribution in [2.75, 3.05) is 13.7 Å². The van der Waals surface area contributed by atoms with Gasteiger partial charge >= 0.3 is 5.69 Å². The van der Waals surface area contributed by atoms with Gasteiger partial charge in [0.2, 0.25) is 5.91 Å². The molecule has 12 nitrogen and oxygen atoms in total. The number of hydrogen-bond acceptors (Lipinski definition) is 9. The molecule has 2 N–H and O–H groups in total. The molecule has 3 heterocycles. The number of aromatic nitrogens is 5. The van der Waals surface area contributed by atoms with Gasteiger partial charge in [0.1, 0.15) is 33.5 Å². The summed E-state index contributed by atoms with van der Waals surface area (Å²) in [7, 11) is 1.43. The summed E-state index contributed by atoms with van der Waals surface area (Å²) in [5.74, 6) is -0.745. The number of thiophene rings is 1. The van der Waals surface area contributed by atoms with Gasteiger partial charge in [0.25, 0.3) is 5.56 Å². The SMILES string of the molecule is COc1ccc(F)cc1[C@H](Cn1c(=O)n([C@@H](C)C(=O)NC(C)C)c(=O)c2c(C)c(-n3nccn3)sc21)OCC(C)(C)O. The molecule has 42 heavy (non-hydrogen) atoms. The molecule has 0 radical (unpaired) electrons. The first-order chi connectivity index (χ1) is 19.7. The van der Waals surface area contributed by atoms with Crippen molar-refractivity contribution in [3.05, 3.63) is 68.4 Å². The Labute approximate surface area is 245 Å². The Bertz CT molecular complexity index is 1700. The number of benzene rings is 1. The maximum absolute atomic E-state index is 14.5. The topological polar surface area (TPSA) is 142 Å². The molecule has 3 aromatic heterocycles. The molecule has 1 amide bonds. The Hall–Kier alpha value is -3.88. The Kier molecular flexibility index (Phi) is 8.99. The first-order valence-electron chi connectivity index (χ1n) is 13.4. The van der Waals surface area contributed by atoms with E-state index in [2.05, 4.69) is 15.5 Å². The highest BCUT2D eigenvalue weighted by Gasteiger charge is 2.30. The molecule has 226 valence electrons. The fraction of sp³-hybridized carbons (Fsp3) is 0.464. The minimum absolute atomic E-state index is 0.159. The van der Waals surface area contributed by atoms with Crippen molar-refractivity contribution < 1.29 is 23.8 Å². The van der Waals surface area contributed by atoms with Crippen LogP contribution < -0.4 is 21.3 Å². The summed E-state index contributed by atoms with van der Waals surface area (Å²) in [6.45, 7) is 9.50. The number of ether oxygens (including phenoxy) is 2. The number of hydrogen-bond donors (Lipinski definition) is 2. The van der Waals surface area contributed by atoms with Gasteiger partial charge in [0, 0.05) is 17.2 Å². The standard InChI is InChI=1S/C28H35FN6O6S/c1-15(2)32-23(36)17(4)34-24(37)22-16(3)25(35-30-10-11-31-35)42-26(22)33(27(34)38)13-21(41-14-28(5,6)39)19-12-18(29)8-9-20(19)40-7/h8-12,15,17,21,39H,13-14H2,1-7H3,(H,32,36)/t17-,21-/m0/s1. The van der Waals surface area contributed by atoms with E-state index in [0.29, 0.717) is 26.7 Å². The Morgan fingerprint density at radius 3 is 2.45 bits per heavy atom. The number of amides is 1. The molecule has 0 aliphatic carbocycles. The van der Waals surface area contributed by atoms with Gasteiger partial charge in [-0.15, -0.1) is 4.80 Å². The molecular weight excluding hydrogens is 567 g/mol. The van der Waals surface area contributed by atoms with Gasteiger partial charge in [-0.3, -0.25) is 14.2 Å². The van der Waals surface area contributed by atoms with E-state index in [-0.39, 0.29) is 24.6 Å². The van der Waals surface area contributed by atoms with Gasteiger partial charge in [-0.25, -0.2) is 13.8 Å². The predicted octanol–water partition coefficient (Wildman–Crippen LogP) is 2.88. The zero-order valence-electron chi connectivity index (χ0n) is 24.5. The molecule has 4 rings (SSSR count). The third-order valence-corrected chi connectivity index (χ3v) is 7.82. The first-order valence-corrected chi connectivity index (χ1v) is 14.2. The van der Waals surface area contributed by atoms with Gasteiger partial charge in [0.05, 0.1) is 43.6 Å². The van der Waals surface area contributed by atoms with Crippen LogP contribution >= 0.6 is 11.3 Å². The van der Waals surface area contributed by atoms with Crippen molar-refractivity contribution in [1.29, 1.82) is 0 Å². The summed E-state index contributed by atoms with van der Waals surface area (Å²) in [4.78, 5) is 42.7. The van der Waals surface area contributed by atoms with E-state index in [4.69, 9.17) is 9.47 Å². The Morgan fingerprint density at radius 2 is 1.86 bits per heavy atom. The molecule has 0 aliphatic rings. The van der Waals surface area contributed by atoms with E-state index < -0.39 is 40.7 Å². The van der Waals surface area contributed by atoms with Crippen LogP contribution in [0, 0.1) is 12.7 Å². The first kappa shape index (κ1) is 31.1. The summed E-state index contributed by atoms with van der Waals surface area (Å²) in [5, 5.41) is 22.3. The predicted molar refractivity (Wildman–Crippen MR) is 156 cm³/mol. The van der Waals surface area contributed by atoms with Crippen LogP contribution in [0.5, 0.6) is 5.75 Å². The second kappa shape index (κ2) is 12.2. The maximum atomic E-state index is 14.5. The number of rotatable bonds is 11. The highest BCUT2D eigenvalue weighted by molar-refractivity contribution is 7.21. The number of nitrogens with zero attached hydrogens (tertiary/aromatic N) is 5. The highest BCUT2D eigenvalue weighted by Crippen LogP contribution is 2.34. The van der Waals surface area contributed by atoms with Crippen molar-refractivity contribution in [1.82, 2.24) is 29.4 Å². The van der Waals surface area contributed by atoms with Crippen LogP contribution in [0.4, 0.5) is 4.39 Å². The summed E-state index contributed by atoms with van der Waals surface area (Å²) < 4.78 is 28.3. The number of carbonyl (C=O) groups is 1. The van der Waals surface area contributed by atoms with Crippen LogP contribution in [0.25, 0.3) is 15.2 Å². The van der Waals surface area contributed by atoms with Crippen LogP contribution in [0.15, 0.2) is 40.2 Å². The molecule has 0 fully saturated rings. The molecule has 0 aliphatic heterocycles. The fourth-order valence-corrected chi connectivity index (χ4v) is 5.78. The number of halogens is 1. The average Bonchev–Trinajstić information content (AvgIpc) is 3.55. The summed E-state index contributed by atoms with van der Waals surface area (Å²) >= 11 is 1.13. The lowest BCUT2D eigenvalue weighted by molar-refractivity contribution is -0.124. The Balaban J connectivity index is 2.00. The lowest BCUT2D eigenvalue weighted by Crippen LogP contribution is -2.47. The Morgan fingerprint density at radius 1 is 1.19 bits per heavy atom. The van der Waals surface area contributed by atoms with Gasteiger partial charge in [0.15, 0.2) is 0 Å². The number of fused-ring (bicyclic) bond motifs is 1. The molecule has 0 bridgehead atoms. The molecular formula is C28H35FN6O6S. The zero-order chi connectivity index (χ0) is 30.9. The summed E-state index contributed by atoms with van der Waals surface area (Å²) in [6.07, 6.45) is 1.98. The summed E-state index contributed by atoms with van der Waals surface area (Å²) in [6, 6.07) is 2.56. The number of aliphatic hydroxyl groups is 1. The van der Waals surface area contributed by atoms with Crippen LogP contribution in [-0.2, 0) is 16.1 Å². The molecule has 2 atom stereocenters. The largest absolute Gasteiger partial charge is 0.496 e. The minimum Gasteiger partial charge on any atom is -0.496 e. The maximum Gasteiger partial charge on any atom is 0.332 e. The molecule has 4 aromatic rings. The van der Waals surface area contributed by atoms with E-state index >= 15 is 0 Å². The van der Waals surface area contributed by atoms with Crippen molar-refractivity contribution >= 4 is 27.5 Å². The number of carbonyl (C=O) groups excluding carboxylic acids is 1. The lowest BCUT2D eigenvalue weighted by atomic mass is 10.1. The lowest BCUT2D eigenvalue weighted by Gasteiger charge is -2.26. The second-order valence-corrected chi connectivity index (χ2v) is 11.9. The second-order valence-electron chi connectivity index (χ2n) is 10.9. The molecule has 1 aromatic carbocycles. The molecule has 0 saturated carbocycles. The van der Waals surface area contributed by atoms with Crippen LogP contribution in [-0.4, -0.2) is 60.5 Å².